The highest BCUT2D eigenvalue weighted by Crippen LogP contribution is 2.07. The quantitative estimate of drug-likeness (QED) is 0.816. The first-order valence-corrected chi connectivity index (χ1v) is 6.97. The summed E-state index contributed by atoms with van der Waals surface area (Å²) in [6.45, 7) is 5.82. The number of ether oxygens (including phenoxy) is 1. The van der Waals surface area contributed by atoms with E-state index in [1.54, 1.807) is 0 Å². The Morgan fingerprint density at radius 1 is 1.32 bits per heavy atom. The molecule has 1 atom stereocenters. The molecule has 4 heteroatoms. The third kappa shape index (κ3) is 7.19. The average molecular weight is 284 g/mol. The van der Waals surface area contributed by atoms with Gasteiger partial charge in [-0.25, -0.2) is 0 Å². The predicted octanol–water partition coefficient (Wildman–Crippen LogP) is 2.77. The van der Waals surface area contributed by atoms with Gasteiger partial charge in [0, 0.05) is 11.9 Å². The SMILES string of the molecule is CC(C)(C)OCC(=O)NC(CCl)Cc1ccccc1. The van der Waals surface area contributed by atoms with E-state index in [1.165, 1.54) is 0 Å². The maximum absolute atomic E-state index is 11.8. The molecule has 0 saturated heterocycles. The van der Waals surface area contributed by atoms with Gasteiger partial charge in [-0.1, -0.05) is 30.3 Å². The molecule has 0 saturated carbocycles. The summed E-state index contributed by atoms with van der Waals surface area (Å²) < 4.78 is 5.43. The molecule has 0 fully saturated rings. The Bertz CT molecular complexity index is 387. The molecule has 1 rings (SSSR count). The lowest BCUT2D eigenvalue weighted by Gasteiger charge is -2.21. The zero-order valence-electron chi connectivity index (χ0n) is 11.8. The van der Waals surface area contributed by atoms with Crippen molar-refractivity contribution < 1.29 is 9.53 Å². The Labute approximate surface area is 120 Å². The van der Waals surface area contributed by atoms with Crippen molar-refractivity contribution in [2.24, 2.45) is 0 Å². The number of benzene rings is 1. The summed E-state index contributed by atoms with van der Waals surface area (Å²) in [7, 11) is 0. The molecule has 0 spiro atoms. The van der Waals surface area contributed by atoms with Crippen LogP contribution >= 0.6 is 11.6 Å². The van der Waals surface area contributed by atoms with Gasteiger partial charge in [-0.05, 0) is 32.8 Å². The minimum Gasteiger partial charge on any atom is -0.366 e. The summed E-state index contributed by atoms with van der Waals surface area (Å²) in [6.07, 6.45) is 0.728. The lowest BCUT2D eigenvalue weighted by atomic mass is 10.1. The number of carbonyl (C=O) groups excluding carboxylic acids is 1. The van der Waals surface area contributed by atoms with Gasteiger partial charge in [-0.3, -0.25) is 4.79 Å². The first-order chi connectivity index (χ1) is 8.90. The molecular formula is C15H22ClNO2. The second-order valence-corrected chi connectivity index (χ2v) is 5.82. The molecule has 19 heavy (non-hydrogen) atoms. The molecule has 0 aliphatic carbocycles. The van der Waals surface area contributed by atoms with E-state index < -0.39 is 0 Å². The molecule has 0 aliphatic rings. The van der Waals surface area contributed by atoms with Crippen molar-refractivity contribution in [3.8, 4) is 0 Å². The van der Waals surface area contributed by atoms with Gasteiger partial charge in [0.1, 0.15) is 6.61 Å². The molecule has 1 amide bonds. The summed E-state index contributed by atoms with van der Waals surface area (Å²) in [5.41, 5.74) is 0.845. The molecule has 0 aliphatic heterocycles. The van der Waals surface area contributed by atoms with Gasteiger partial charge in [0.25, 0.3) is 0 Å². The monoisotopic (exact) mass is 283 g/mol. The summed E-state index contributed by atoms with van der Waals surface area (Å²) in [5, 5.41) is 2.89. The van der Waals surface area contributed by atoms with E-state index in [0.29, 0.717) is 5.88 Å². The standard InChI is InChI=1S/C15H22ClNO2/c1-15(2,3)19-11-14(18)17-13(10-16)9-12-7-5-4-6-8-12/h4-8,13H,9-11H2,1-3H3,(H,17,18). The van der Waals surface area contributed by atoms with Crippen LogP contribution in [-0.2, 0) is 16.0 Å². The van der Waals surface area contributed by atoms with Crippen molar-refractivity contribution in [1.82, 2.24) is 5.32 Å². The highest BCUT2D eigenvalue weighted by molar-refractivity contribution is 6.18. The Balaban J connectivity index is 2.42. The van der Waals surface area contributed by atoms with E-state index in [2.05, 4.69) is 5.32 Å². The topological polar surface area (TPSA) is 38.3 Å². The van der Waals surface area contributed by atoms with Crippen molar-refractivity contribution >= 4 is 17.5 Å². The highest BCUT2D eigenvalue weighted by Gasteiger charge is 2.16. The van der Waals surface area contributed by atoms with Crippen LogP contribution in [0.4, 0.5) is 0 Å². The predicted molar refractivity (Wildman–Crippen MR) is 78.5 cm³/mol. The average Bonchev–Trinajstić information content (AvgIpc) is 2.36. The van der Waals surface area contributed by atoms with E-state index in [4.69, 9.17) is 16.3 Å². The van der Waals surface area contributed by atoms with Crippen LogP contribution in [0.15, 0.2) is 30.3 Å². The maximum Gasteiger partial charge on any atom is 0.246 e. The number of hydrogen-bond acceptors (Lipinski definition) is 2. The number of hydrogen-bond donors (Lipinski definition) is 1. The summed E-state index contributed by atoms with van der Waals surface area (Å²) in [4.78, 5) is 11.8. The molecule has 0 bridgehead atoms. The minimum atomic E-state index is -0.312. The molecule has 0 radical (unpaired) electrons. The van der Waals surface area contributed by atoms with Gasteiger partial charge in [-0.15, -0.1) is 11.6 Å². The molecule has 1 N–H and O–H groups in total. The van der Waals surface area contributed by atoms with E-state index in [0.717, 1.165) is 12.0 Å². The molecule has 3 nitrogen and oxygen atoms in total. The lowest BCUT2D eigenvalue weighted by molar-refractivity contribution is -0.131. The van der Waals surface area contributed by atoms with Crippen LogP contribution in [0.25, 0.3) is 0 Å². The minimum absolute atomic E-state index is 0.0612. The Hall–Kier alpha value is -1.06. The summed E-state index contributed by atoms with van der Waals surface area (Å²) in [5.74, 6) is 0.257. The number of halogens is 1. The van der Waals surface area contributed by atoms with E-state index in [9.17, 15) is 4.79 Å². The lowest BCUT2D eigenvalue weighted by Crippen LogP contribution is -2.41. The van der Waals surface area contributed by atoms with Crippen LogP contribution in [0.5, 0.6) is 0 Å². The second-order valence-electron chi connectivity index (χ2n) is 5.51. The van der Waals surface area contributed by atoms with E-state index >= 15 is 0 Å². The number of rotatable bonds is 6. The Morgan fingerprint density at radius 3 is 2.47 bits per heavy atom. The zero-order valence-corrected chi connectivity index (χ0v) is 12.5. The third-order valence-electron chi connectivity index (χ3n) is 2.51. The molecule has 1 aromatic rings. The molecule has 106 valence electrons. The first kappa shape index (κ1) is 16.0. The number of amides is 1. The summed E-state index contributed by atoms with van der Waals surface area (Å²) in [6, 6.07) is 9.90. The van der Waals surface area contributed by atoms with Crippen molar-refractivity contribution in [3.63, 3.8) is 0 Å². The van der Waals surface area contributed by atoms with Crippen molar-refractivity contribution in [2.45, 2.75) is 38.8 Å². The smallest absolute Gasteiger partial charge is 0.246 e. The number of nitrogens with one attached hydrogen (secondary N) is 1. The normalized spacial score (nSPS) is 13.1. The molecule has 1 aromatic carbocycles. The fourth-order valence-corrected chi connectivity index (χ4v) is 1.78. The fraction of sp³-hybridized carbons (Fsp3) is 0.533. The van der Waals surface area contributed by atoms with Crippen molar-refractivity contribution in [2.75, 3.05) is 12.5 Å². The number of alkyl halides is 1. The highest BCUT2D eigenvalue weighted by atomic mass is 35.5. The van der Waals surface area contributed by atoms with Gasteiger partial charge < -0.3 is 10.1 Å². The first-order valence-electron chi connectivity index (χ1n) is 6.44. The second kappa shape index (κ2) is 7.51. The van der Waals surface area contributed by atoms with E-state index in [1.807, 2.05) is 51.1 Å². The van der Waals surface area contributed by atoms with Gasteiger partial charge in [0.05, 0.1) is 5.60 Å². The van der Waals surface area contributed by atoms with Crippen LogP contribution in [0.2, 0.25) is 0 Å². The third-order valence-corrected chi connectivity index (χ3v) is 2.89. The summed E-state index contributed by atoms with van der Waals surface area (Å²) >= 11 is 5.90. The van der Waals surface area contributed by atoms with Gasteiger partial charge in [0.2, 0.25) is 5.91 Å². The van der Waals surface area contributed by atoms with Gasteiger partial charge >= 0.3 is 0 Å². The molecular weight excluding hydrogens is 262 g/mol. The van der Waals surface area contributed by atoms with Crippen LogP contribution in [0.1, 0.15) is 26.3 Å². The van der Waals surface area contributed by atoms with Gasteiger partial charge in [0.15, 0.2) is 0 Å². The van der Waals surface area contributed by atoms with Gasteiger partial charge in [-0.2, -0.15) is 0 Å². The number of carbonyl (C=O) groups is 1. The Morgan fingerprint density at radius 2 is 1.95 bits per heavy atom. The van der Waals surface area contributed by atoms with Crippen molar-refractivity contribution in [3.05, 3.63) is 35.9 Å². The van der Waals surface area contributed by atoms with Crippen LogP contribution in [-0.4, -0.2) is 30.0 Å². The fourth-order valence-electron chi connectivity index (χ4n) is 1.59. The van der Waals surface area contributed by atoms with E-state index in [-0.39, 0.29) is 24.2 Å². The van der Waals surface area contributed by atoms with Crippen LogP contribution < -0.4 is 5.32 Å². The zero-order chi connectivity index (χ0) is 14.3. The van der Waals surface area contributed by atoms with Crippen LogP contribution in [0, 0.1) is 0 Å². The van der Waals surface area contributed by atoms with Crippen molar-refractivity contribution in [1.29, 1.82) is 0 Å². The van der Waals surface area contributed by atoms with Crippen LogP contribution in [0.3, 0.4) is 0 Å². The molecule has 0 heterocycles. The largest absolute Gasteiger partial charge is 0.366 e. The maximum atomic E-state index is 11.8. The Kier molecular flexibility index (Phi) is 6.32. The molecule has 0 aromatic heterocycles. The molecule has 1 unspecified atom stereocenters.